The van der Waals surface area contributed by atoms with Crippen LogP contribution in [0.25, 0.3) is 0 Å². The third kappa shape index (κ3) is 2.95. The van der Waals surface area contributed by atoms with Crippen LogP contribution in [0.15, 0.2) is 24.3 Å². The Labute approximate surface area is 112 Å². The predicted molar refractivity (Wildman–Crippen MR) is 71.4 cm³/mol. The van der Waals surface area contributed by atoms with Crippen molar-refractivity contribution < 1.29 is 9.18 Å². The fraction of sp³-hybridized carbons (Fsp3) is 0.533. The molecular formula is C15H19FN2O. The molecular weight excluding hydrogens is 243 g/mol. The smallest absolute Gasteiger partial charge is 0.254 e. The molecule has 0 unspecified atom stereocenters. The van der Waals surface area contributed by atoms with Crippen LogP contribution in [0.4, 0.5) is 4.39 Å². The van der Waals surface area contributed by atoms with Gasteiger partial charge in [-0.2, -0.15) is 0 Å². The summed E-state index contributed by atoms with van der Waals surface area (Å²) in [7, 11) is 0. The highest BCUT2D eigenvalue weighted by Gasteiger charge is 2.34. The first-order valence-electron chi connectivity index (χ1n) is 7.01. The summed E-state index contributed by atoms with van der Waals surface area (Å²) in [6.07, 6.45) is 3.79. The molecule has 1 aromatic rings. The molecule has 0 spiro atoms. The first-order valence-corrected chi connectivity index (χ1v) is 7.01. The van der Waals surface area contributed by atoms with Gasteiger partial charge in [-0.05, 0) is 43.9 Å². The van der Waals surface area contributed by atoms with Crippen LogP contribution in [-0.4, -0.2) is 36.5 Å². The maximum Gasteiger partial charge on any atom is 0.254 e. The lowest BCUT2D eigenvalue weighted by Gasteiger charge is -2.15. The van der Waals surface area contributed by atoms with Crippen LogP contribution in [0.2, 0.25) is 0 Å². The van der Waals surface area contributed by atoms with Crippen LogP contribution >= 0.6 is 0 Å². The van der Waals surface area contributed by atoms with Crippen LogP contribution in [0.5, 0.6) is 0 Å². The lowest BCUT2D eigenvalue weighted by Crippen LogP contribution is -2.31. The standard InChI is InChI=1S/C15H19FN2O/c16-14-4-2-1-3-13(14)15(19)17-9-11-7-8-18(10-11)12-5-6-12/h1-4,11-12H,5-10H2,(H,17,19)/t11-/m0/s1. The number of hydrogen-bond donors (Lipinski definition) is 1. The largest absolute Gasteiger partial charge is 0.352 e. The minimum Gasteiger partial charge on any atom is -0.352 e. The molecule has 1 saturated heterocycles. The van der Waals surface area contributed by atoms with E-state index < -0.39 is 5.82 Å². The summed E-state index contributed by atoms with van der Waals surface area (Å²) >= 11 is 0. The van der Waals surface area contributed by atoms with Gasteiger partial charge in [-0.15, -0.1) is 0 Å². The Balaban J connectivity index is 1.50. The third-order valence-electron chi connectivity index (χ3n) is 4.05. The maximum atomic E-state index is 13.4. The number of amides is 1. The van der Waals surface area contributed by atoms with E-state index in [4.69, 9.17) is 0 Å². The van der Waals surface area contributed by atoms with Gasteiger partial charge in [-0.3, -0.25) is 4.79 Å². The van der Waals surface area contributed by atoms with E-state index in [1.165, 1.54) is 25.0 Å². The van der Waals surface area contributed by atoms with Crippen LogP contribution in [0.3, 0.4) is 0 Å². The molecule has 102 valence electrons. The predicted octanol–water partition coefficient (Wildman–Crippen LogP) is 2.04. The number of carbonyl (C=O) groups is 1. The van der Waals surface area contributed by atoms with Gasteiger partial charge in [0.1, 0.15) is 5.82 Å². The summed E-state index contributed by atoms with van der Waals surface area (Å²) in [5, 5.41) is 2.86. The fourth-order valence-corrected chi connectivity index (χ4v) is 2.78. The van der Waals surface area contributed by atoms with Crippen molar-refractivity contribution in [1.29, 1.82) is 0 Å². The number of benzene rings is 1. The van der Waals surface area contributed by atoms with E-state index in [1.807, 2.05) is 0 Å². The molecule has 3 nitrogen and oxygen atoms in total. The Bertz CT molecular complexity index is 473. The zero-order valence-corrected chi connectivity index (χ0v) is 10.9. The van der Waals surface area contributed by atoms with Gasteiger partial charge in [0.2, 0.25) is 0 Å². The first kappa shape index (κ1) is 12.6. The van der Waals surface area contributed by atoms with Crippen molar-refractivity contribution >= 4 is 5.91 Å². The first-order chi connectivity index (χ1) is 9.24. The highest BCUT2D eigenvalue weighted by Crippen LogP contribution is 2.31. The second-order valence-electron chi connectivity index (χ2n) is 5.57. The molecule has 0 bridgehead atoms. The molecule has 4 heteroatoms. The van der Waals surface area contributed by atoms with Crippen molar-refractivity contribution in [3.8, 4) is 0 Å². The maximum absolute atomic E-state index is 13.4. The van der Waals surface area contributed by atoms with E-state index in [1.54, 1.807) is 12.1 Å². The summed E-state index contributed by atoms with van der Waals surface area (Å²) in [4.78, 5) is 14.4. The van der Waals surface area contributed by atoms with Gasteiger partial charge in [-0.25, -0.2) is 4.39 Å². The highest BCUT2D eigenvalue weighted by molar-refractivity contribution is 5.94. The fourth-order valence-electron chi connectivity index (χ4n) is 2.78. The van der Waals surface area contributed by atoms with Gasteiger partial charge in [0.15, 0.2) is 0 Å². The second kappa shape index (κ2) is 5.29. The zero-order chi connectivity index (χ0) is 13.2. The Morgan fingerprint density at radius 3 is 2.84 bits per heavy atom. The van der Waals surface area contributed by atoms with Gasteiger partial charge in [0.05, 0.1) is 5.56 Å². The van der Waals surface area contributed by atoms with Gasteiger partial charge >= 0.3 is 0 Å². The normalized spacial score (nSPS) is 23.5. The molecule has 2 aliphatic rings. The summed E-state index contributed by atoms with van der Waals surface area (Å²) in [6, 6.07) is 6.92. The average molecular weight is 262 g/mol. The van der Waals surface area contributed by atoms with E-state index in [-0.39, 0.29) is 11.5 Å². The molecule has 1 saturated carbocycles. The molecule has 2 fully saturated rings. The van der Waals surface area contributed by atoms with E-state index in [2.05, 4.69) is 10.2 Å². The molecule has 19 heavy (non-hydrogen) atoms. The number of halogens is 1. The van der Waals surface area contributed by atoms with Gasteiger partial charge in [-0.1, -0.05) is 12.1 Å². The van der Waals surface area contributed by atoms with Crippen LogP contribution < -0.4 is 5.32 Å². The Morgan fingerprint density at radius 2 is 2.11 bits per heavy atom. The Morgan fingerprint density at radius 1 is 1.32 bits per heavy atom. The summed E-state index contributed by atoms with van der Waals surface area (Å²) in [5.41, 5.74) is 0.138. The van der Waals surface area contributed by atoms with Crippen LogP contribution in [0.1, 0.15) is 29.6 Å². The van der Waals surface area contributed by atoms with Gasteiger partial charge in [0.25, 0.3) is 5.91 Å². The molecule has 1 amide bonds. The SMILES string of the molecule is O=C(NC[C@@H]1CCN(C2CC2)C1)c1ccccc1F. The molecule has 1 atom stereocenters. The molecule has 1 N–H and O–H groups in total. The summed E-state index contributed by atoms with van der Waals surface area (Å²) in [5.74, 6) is -0.245. The number of rotatable bonds is 4. The quantitative estimate of drug-likeness (QED) is 0.900. The number of likely N-dealkylation sites (tertiary alicyclic amines) is 1. The minimum absolute atomic E-state index is 0.138. The molecule has 3 rings (SSSR count). The third-order valence-corrected chi connectivity index (χ3v) is 4.05. The van der Waals surface area contributed by atoms with Crippen molar-refractivity contribution in [1.82, 2.24) is 10.2 Å². The monoisotopic (exact) mass is 262 g/mol. The molecule has 1 heterocycles. The summed E-state index contributed by atoms with van der Waals surface area (Å²) < 4.78 is 13.4. The second-order valence-corrected chi connectivity index (χ2v) is 5.57. The number of hydrogen-bond acceptors (Lipinski definition) is 2. The van der Waals surface area contributed by atoms with E-state index in [9.17, 15) is 9.18 Å². The van der Waals surface area contributed by atoms with Crippen molar-refractivity contribution in [3.05, 3.63) is 35.6 Å². The van der Waals surface area contributed by atoms with Crippen molar-refractivity contribution in [3.63, 3.8) is 0 Å². The number of nitrogens with zero attached hydrogens (tertiary/aromatic N) is 1. The van der Waals surface area contributed by atoms with Crippen molar-refractivity contribution in [2.45, 2.75) is 25.3 Å². The zero-order valence-electron chi connectivity index (χ0n) is 10.9. The molecule has 0 radical (unpaired) electrons. The topological polar surface area (TPSA) is 32.3 Å². The molecule has 0 aromatic heterocycles. The van der Waals surface area contributed by atoms with E-state index in [0.717, 1.165) is 25.6 Å². The van der Waals surface area contributed by atoms with E-state index >= 15 is 0 Å². The molecule has 1 aromatic carbocycles. The molecule has 1 aliphatic carbocycles. The lowest BCUT2D eigenvalue weighted by molar-refractivity contribution is 0.0943. The minimum atomic E-state index is -0.453. The number of carbonyl (C=O) groups excluding carboxylic acids is 1. The van der Waals surface area contributed by atoms with Gasteiger partial charge < -0.3 is 10.2 Å². The van der Waals surface area contributed by atoms with Crippen LogP contribution in [-0.2, 0) is 0 Å². The van der Waals surface area contributed by atoms with Crippen LogP contribution in [0, 0.1) is 11.7 Å². The number of nitrogens with one attached hydrogen (secondary N) is 1. The summed E-state index contributed by atoms with van der Waals surface area (Å²) in [6.45, 7) is 2.86. The molecule has 1 aliphatic heterocycles. The Kier molecular flexibility index (Phi) is 3.51. The van der Waals surface area contributed by atoms with Gasteiger partial charge in [0, 0.05) is 19.1 Å². The lowest BCUT2D eigenvalue weighted by atomic mass is 10.1. The van der Waals surface area contributed by atoms with Crippen molar-refractivity contribution in [2.24, 2.45) is 5.92 Å². The highest BCUT2D eigenvalue weighted by atomic mass is 19.1. The average Bonchev–Trinajstić information content (AvgIpc) is 3.16. The van der Waals surface area contributed by atoms with Crippen molar-refractivity contribution in [2.75, 3.05) is 19.6 Å². The van der Waals surface area contributed by atoms with E-state index in [0.29, 0.717) is 12.5 Å². The Hall–Kier alpha value is -1.42.